The molecule has 0 spiro atoms. The molecule has 2 amide bonds. The molecule has 0 bridgehead atoms. The molecule has 9 heteroatoms. The van der Waals surface area contributed by atoms with Gasteiger partial charge in [0.1, 0.15) is 12.4 Å². The lowest BCUT2D eigenvalue weighted by molar-refractivity contribution is -0.137. The van der Waals surface area contributed by atoms with Crippen LogP contribution in [0.5, 0.6) is 5.75 Å². The molecule has 6 nitrogen and oxygen atoms in total. The molecule has 0 fully saturated rings. The molecule has 0 aliphatic carbocycles. The number of anilines is 1. The van der Waals surface area contributed by atoms with E-state index in [4.69, 9.17) is 9.47 Å². The minimum Gasteiger partial charge on any atom is -0.489 e. The first-order chi connectivity index (χ1) is 14.4. The molecule has 2 aromatic rings. The number of nitrogens with one attached hydrogen (secondary N) is 2. The summed E-state index contributed by atoms with van der Waals surface area (Å²) in [6, 6.07) is 8.62. The molecule has 0 aliphatic heterocycles. The van der Waals surface area contributed by atoms with Crippen molar-refractivity contribution in [2.45, 2.75) is 32.5 Å². The third-order valence-electron chi connectivity index (χ3n) is 4.00. The number of amides is 2. The van der Waals surface area contributed by atoms with E-state index in [1.165, 1.54) is 31.4 Å². The van der Waals surface area contributed by atoms with Crippen molar-refractivity contribution in [3.8, 4) is 5.75 Å². The molecular weight excluding hydrogens is 413 g/mol. The van der Waals surface area contributed by atoms with Crippen LogP contribution >= 0.6 is 0 Å². The van der Waals surface area contributed by atoms with Gasteiger partial charge in [0.15, 0.2) is 0 Å². The quantitative estimate of drug-likeness (QED) is 0.624. The summed E-state index contributed by atoms with van der Waals surface area (Å²) in [4.78, 5) is 24.8. The number of benzene rings is 2. The Kier molecular flexibility index (Phi) is 7.67. The van der Waals surface area contributed by atoms with Gasteiger partial charge in [0.25, 0.3) is 11.8 Å². The fourth-order valence-electron chi connectivity index (χ4n) is 2.55. The maximum atomic E-state index is 13.1. The van der Waals surface area contributed by atoms with Crippen molar-refractivity contribution < 1.29 is 32.2 Å². The Morgan fingerprint density at radius 3 is 2.00 bits per heavy atom. The van der Waals surface area contributed by atoms with Crippen LogP contribution in [0.4, 0.5) is 18.9 Å². The summed E-state index contributed by atoms with van der Waals surface area (Å²) in [6.07, 6.45) is -4.58. The van der Waals surface area contributed by atoms with E-state index in [2.05, 4.69) is 10.6 Å². The highest BCUT2D eigenvalue weighted by Crippen LogP contribution is 2.35. The predicted octanol–water partition coefficient (Wildman–Crippen LogP) is 4.51. The Labute approximate surface area is 178 Å². The van der Waals surface area contributed by atoms with Crippen LogP contribution in [0.15, 0.2) is 42.5 Å². The second-order valence-electron chi connectivity index (χ2n) is 7.79. The highest BCUT2D eigenvalue weighted by molar-refractivity contribution is 6.05. The van der Waals surface area contributed by atoms with Crippen LogP contribution in [0.25, 0.3) is 0 Å². The molecule has 0 saturated heterocycles. The Bertz CT molecular complexity index is 920. The number of hydrogen-bond acceptors (Lipinski definition) is 4. The van der Waals surface area contributed by atoms with Crippen molar-refractivity contribution in [2.24, 2.45) is 0 Å². The monoisotopic (exact) mass is 438 g/mol. The molecule has 0 aromatic heterocycles. The lowest BCUT2D eigenvalue weighted by atomic mass is 10.1. The number of carbonyl (C=O) groups excluding carboxylic acids is 2. The van der Waals surface area contributed by atoms with Gasteiger partial charge in [-0.05, 0) is 63.2 Å². The van der Waals surface area contributed by atoms with Gasteiger partial charge in [-0.3, -0.25) is 9.59 Å². The summed E-state index contributed by atoms with van der Waals surface area (Å²) in [5.74, 6) is -0.857. The van der Waals surface area contributed by atoms with Crippen molar-refractivity contribution in [2.75, 3.05) is 25.6 Å². The van der Waals surface area contributed by atoms with E-state index in [1.54, 1.807) is 0 Å². The predicted molar refractivity (Wildman–Crippen MR) is 110 cm³/mol. The van der Waals surface area contributed by atoms with Crippen molar-refractivity contribution in [3.05, 3.63) is 59.2 Å². The van der Waals surface area contributed by atoms with E-state index in [1.807, 2.05) is 20.8 Å². The summed E-state index contributed by atoms with van der Waals surface area (Å²) in [7, 11) is 1.46. The summed E-state index contributed by atoms with van der Waals surface area (Å²) in [5, 5.41) is 5.25. The minimum atomic E-state index is -4.58. The van der Waals surface area contributed by atoms with Gasteiger partial charge in [0.2, 0.25) is 0 Å². The average molecular weight is 438 g/mol. The Morgan fingerprint density at radius 2 is 1.48 bits per heavy atom. The first-order valence-electron chi connectivity index (χ1n) is 9.47. The summed E-state index contributed by atoms with van der Waals surface area (Å²) < 4.78 is 49.6. The second-order valence-corrected chi connectivity index (χ2v) is 7.79. The van der Waals surface area contributed by atoms with Crippen LogP contribution in [0, 0.1) is 0 Å². The molecule has 31 heavy (non-hydrogen) atoms. The minimum absolute atomic E-state index is 0.0829. The number of methoxy groups -OCH3 is 1. The van der Waals surface area contributed by atoms with Crippen LogP contribution in [0.1, 0.15) is 47.1 Å². The van der Waals surface area contributed by atoms with Crippen LogP contribution in [-0.4, -0.2) is 37.7 Å². The summed E-state index contributed by atoms with van der Waals surface area (Å²) >= 11 is 0. The van der Waals surface area contributed by atoms with Crippen LogP contribution in [-0.2, 0) is 10.9 Å². The molecule has 0 radical (unpaired) electrons. The molecule has 0 saturated carbocycles. The van der Waals surface area contributed by atoms with E-state index < -0.39 is 23.2 Å². The lowest BCUT2D eigenvalue weighted by Crippen LogP contribution is -2.40. The smallest absolute Gasteiger partial charge is 0.416 e. The Hall–Kier alpha value is -3.07. The molecule has 2 rings (SSSR count). The Balaban J connectivity index is 2.22. The number of hydrogen-bond donors (Lipinski definition) is 2. The van der Waals surface area contributed by atoms with E-state index in [9.17, 15) is 22.8 Å². The molecule has 168 valence electrons. The molecule has 0 heterocycles. The van der Waals surface area contributed by atoms with Gasteiger partial charge in [-0.1, -0.05) is 0 Å². The van der Waals surface area contributed by atoms with E-state index in [-0.39, 0.29) is 36.1 Å². The molecular formula is C22H25F3N2O4. The maximum absolute atomic E-state index is 13.1. The first kappa shape index (κ1) is 24.2. The van der Waals surface area contributed by atoms with Crippen LogP contribution < -0.4 is 15.4 Å². The van der Waals surface area contributed by atoms with Crippen molar-refractivity contribution in [1.29, 1.82) is 0 Å². The van der Waals surface area contributed by atoms with Gasteiger partial charge in [0, 0.05) is 23.8 Å². The zero-order valence-electron chi connectivity index (χ0n) is 17.7. The van der Waals surface area contributed by atoms with Crippen LogP contribution in [0.3, 0.4) is 0 Å². The van der Waals surface area contributed by atoms with E-state index in [0.29, 0.717) is 5.56 Å². The summed E-state index contributed by atoms with van der Waals surface area (Å²) in [6.45, 7) is 5.85. The zero-order valence-corrected chi connectivity index (χ0v) is 17.7. The van der Waals surface area contributed by atoms with E-state index in [0.717, 1.165) is 18.2 Å². The van der Waals surface area contributed by atoms with Crippen LogP contribution in [0.2, 0.25) is 0 Å². The largest absolute Gasteiger partial charge is 0.489 e. The third-order valence-corrected chi connectivity index (χ3v) is 4.00. The van der Waals surface area contributed by atoms with Crippen molar-refractivity contribution in [3.63, 3.8) is 0 Å². The number of ether oxygens (including phenoxy) is 2. The molecule has 0 atom stereocenters. The molecule has 2 aromatic carbocycles. The number of rotatable bonds is 7. The lowest BCUT2D eigenvalue weighted by Gasteiger charge is -2.20. The normalized spacial score (nSPS) is 11.7. The van der Waals surface area contributed by atoms with E-state index >= 15 is 0 Å². The average Bonchev–Trinajstić information content (AvgIpc) is 2.67. The van der Waals surface area contributed by atoms with Gasteiger partial charge in [-0.2, -0.15) is 13.2 Å². The standard InChI is InChI=1S/C22H25F3N2O4/c1-21(2,3)27-20(29)15-7-5-14(6-8-15)19(28)26-17-13-16(22(23,24)25)9-10-18(17)31-12-11-30-4/h5-10,13H,11-12H2,1-4H3,(H,26,28)(H,27,29). The zero-order chi connectivity index (χ0) is 23.2. The third kappa shape index (κ3) is 7.29. The molecule has 2 N–H and O–H groups in total. The fraction of sp³-hybridized carbons (Fsp3) is 0.364. The summed E-state index contributed by atoms with van der Waals surface area (Å²) in [5.41, 5.74) is -0.932. The SMILES string of the molecule is COCCOc1ccc(C(F)(F)F)cc1NC(=O)c1ccc(C(=O)NC(C)(C)C)cc1. The fourth-order valence-corrected chi connectivity index (χ4v) is 2.55. The molecule has 0 aliphatic rings. The first-order valence-corrected chi connectivity index (χ1v) is 9.47. The highest BCUT2D eigenvalue weighted by atomic mass is 19.4. The van der Waals surface area contributed by atoms with Gasteiger partial charge in [0.05, 0.1) is 17.9 Å². The van der Waals surface area contributed by atoms with Gasteiger partial charge < -0.3 is 20.1 Å². The van der Waals surface area contributed by atoms with Gasteiger partial charge in [-0.15, -0.1) is 0 Å². The number of alkyl halides is 3. The number of halogens is 3. The Morgan fingerprint density at radius 1 is 0.903 bits per heavy atom. The van der Waals surface area contributed by atoms with Crippen molar-refractivity contribution >= 4 is 17.5 Å². The second kappa shape index (κ2) is 9.82. The maximum Gasteiger partial charge on any atom is 0.416 e. The number of carbonyl (C=O) groups is 2. The topological polar surface area (TPSA) is 76.7 Å². The molecule has 0 unspecified atom stereocenters. The van der Waals surface area contributed by atoms with Gasteiger partial charge in [-0.25, -0.2) is 0 Å². The van der Waals surface area contributed by atoms with Crippen molar-refractivity contribution in [1.82, 2.24) is 5.32 Å². The highest BCUT2D eigenvalue weighted by Gasteiger charge is 2.31. The van der Waals surface area contributed by atoms with Gasteiger partial charge >= 0.3 is 6.18 Å².